The molecule has 1 saturated heterocycles. The zero-order chi connectivity index (χ0) is 24.0. The Balaban J connectivity index is 1.33. The fourth-order valence-corrected chi connectivity index (χ4v) is 3.99. The first-order chi connectivity index (χ1) is 17.2. The molecule has 8 heteroatoms. The van der Waals surface area contributed by atoms with Crippen LogP contribution in [0, 0.1) is 0 Å². The van der Waals surface area contributed by atoms with Crippen molar-refractivity contribution < 1.29 is 9.47 Å². The van der Waals surface area contributed by atoms with Crippen LogP contribution in [-0.4, -0.2) is 73.4 Å². The Morgan fingerprint density at radius 2 is 1.80 bits per heavy atom. The number of benzene rings is 2. The third kappa shape index (κ3) is 5.67. The third-order valence-corrected chi connectivity index (χ3v) is 5.92. The Hall–Kier alpha value is -3.75. The van der Waals surface area contributed by atoms with Gasteiger partial charge in [-0.05, 0) is 43.9 Å². The van der Waals surface area contributed by atoms with Crippen LogP contribution in [0.5, 0.6) is 5.75 Å². The summed E-state index contributed by atoms with van der Waals surface area (Å²) < 4.78 is 11.3. The first-order valence-corrected chi connectivity index (χ1v) is 11.9. The summed E-state index contributed by atoms with van der Waals surface area (Å²) in [6.45, 7) is 4.73. The second-order valence-corrected chi connectivity index (χ2v) is 8.74. The van der Waals surface area contributed by atoms with E-state index in [-0.39, 0.29) is 0 Å². The number of fused-ring (bicyclic) bond motifs is 1. The van der Waals surface area contributed by atoms with E-state index in [2.05, 4.69) is 43.3 Å². The van der Waals surface area contributed by atoms with Gasteiger partial charge in [-0.25, -0.2) is 15.0 Å². The van der Waals surface area contributed by atoms with Crippen molar-refractivity contribution in [2.45, 2.75) is 0 Å². The van der Waals surface area contributed by atoms with Crippen LogP contribution in [0.2, 0.25) is 0 Å². The molecular formula is C27H30N6O2. The van der Waals surface area contributed by atoms with Crippen molar-refractivity contribution in [1.29, 1.82) is 0 Å². The molecule has 4 aromatic rings. The molecule has 0 saturated carbocycles. The third-order valence-electron chi connectivity index (χ3n) is 5.92. The van der Waals surface area contributed by atoms with Crippen LogP contribution < -0.4 is 15.0 Å². The molecule has 0 atom stereocenters. The molecule has 3 heterocycles. The second kappa shape index (κ2) is 10.7. The number of anilines is 3. The van der Waals surface area contributed by atoms with E-state index < -0.39 is 0 Å². The van der Waals surface area contributed by atoms with Gasteiger partial charge in [0.2, 0.25) is 5.95 Å². The zero-order valence-corrected chi connectivity index (χ0v) is 20.1. The Morgan fingerprint density at radius 3 is 2.54 bits per heavy atom. The average Bonchev–Trinajstić information content (AvgIpc) is 2.89. The van der Waals surface area contributed by atoms with Crippen molar-refractivity contribution in [3.63, 3.8) is 0 Å². The number of aromatic nitrogens is 3. The van der Waals surface area contributed by atoms with Gasteiger partial charge in [0.25, 0.3) is 0 Å². The molecule has 1 N–H and O–H groups in total. The maximum atomic E-state index is 5.84. The van der Waals surface area contributed by atoms with E-state index in [9.17, 15) is 0 Å². The summed E-state index contributed by atoms with van der Waals surface area (Å²) in [5, 5.41) is 4.28. The van der Waals surface area contributed by atoms with Gasteiger partial charge in [-0.3, -0.25) is 0 Å². The number of morpholine rings is 1. The molecule has 2 aromatic heterocycles. The predicted octanol–water partition coefficient (Wildman–Crippen LogP) is 4.21. The number of hydrogen-bond donors (Lipinski definition) is 1. The minimum absolute atomic E-state index is 0.537. The summed E-state index contributed by atoms with van der Waals surface area (Å²) in [7, 11) is 4.07. The summed E-state index contributed by atoms with van der Waals surface area (Å²) in [4.78, 5) is 18.3. The monoisotopic (exact) mass is 470 g/mol. The SMILES string of the molecule is CN(C)CCOc1ccc(-c2cccc3cnc(Nc4ccc(N5CCOCC5)nc4)nc23)cc1. The molecular weight excluding hydrogens is 440 g/mol. The van der Waals surface area contributed by atoms with Crippen LogP contribution in [0.15, 0.2) is 67.0 Å². The van der Waals surface area contributed by atoms with E-state index in [0.717, 1.165) is 72.1 Å². The largest absolute Gasteiger partial charge is 0.492 e. The number of nitrogens with one attached hydrogen (secondary N) is 1. The molecule has 2 aromatic carbocycles. The van der Waals surface area contributed by atoms with Gasteiger partial charge in [0.1, 0.15) is 18.2 Å². The van der Waals surface area contributed by atoms with E-state index >= 15 is 0 Å². The average molecular weight is 471 g/mol. The van der Waals surface area contributed by atoms with Crippen LogP contribution >= 0.6 is 0 Å². The van der Waals surface area contributed by atoms with Crippen LogP contribution in [0.1, 0.15) is 0 Å². The summed E-state index contributed by atoms with van der Waals surface area (Å²) >= 11 is 0. The smallest absolute Gasteiger partial charge is 0.227 e. The highest BCUT2D eigenvalue weighted by molar-refractivity contribution is 5.93. The van der Waals surface area contributed by atoms with E-state index in [0.29, 0.717) is 12.6 Å². The summed E-state index contributed by atoms with van der Waals surface area (Å²) in [5.74, 6) is 2.35. The summed E-state index contributed by atoms with van der Waals surface area (Å²) in [6.07, 6.45) is 3.67. The topological polar surface area (TPSA) is 75.6 Å². The van der Waals surface area contributed by atoms with Gasteiger partial charge >= 0.3 is 0 Å². The van der Waals surface area contributed by atoms with Crippen molar-refractivity contribution in [3.05, 3.63) is 67.0 Å². The van der Waals surface area contributed by atoms with Crippen molar-refractivity contribution >= 4 is 28.4 Å². The van der Waals surface area contributed by atoms with Crippen molar-refractivity contribution in [1.82, 2.24) is 19.9 Å². The van der Waals surface area contributed by atoms with Gasteiger partial charge < -0.3 is 24.6 Å². The maximum absolute atomic E-state index is 5.84. The maximum Gasteiger partial charge on any atom is 0.227 e. The lowest BCUT2D eigenvalue weighted by Crippen LogP contribution is -2.36. The van der Waals surface area contributed by atoms with Gasteiger partial charge in [-0.2, -0.15) is 0 Å². The number of nitrogens with zero attached hydrogens (tertiary/aromatic N) is 5. The Bertz CT molecular complexity index is 1260. The van der Waals surface area contributed by atoms with Gasteiger partial charge in [-0.1, -0.05) is 30.3 Å². The highest BCUT2D eigenvalue weighted by Crippen LogP contribution is 2.29. The number of likely N-dealkylation sites (N-methyl/N-ethyl adjacent to an activating group) is 1. The van der Waals surface area contributed by atoms with Crippen molar-refractivity contribution in [2.75, 3.05) is 63.8 Å². The lowest BCUT2D eigenvalue weighted by atomic mass is 10.0. The van der Waals surface area contributed by atoms with Crippen LogP contribution in [0.3, 0.4) is 0 Å². The van der Waals surface area contributed by atoms with Crippen molar-refractivity contribution in [2.24, 2.45) is 0 Å². The minimum atomic E-state index is 0.537. The fraction of sp³-hybridized carbons (Fsp3) is 0.296. The van der Waals surface area contributed by atoms with Crippen molar-refractivity contribution in [3.8, 4) is 16.9 Å². The van der Waals surface area contributed by atoms with E-state index in [4.69, 9.17) is 14.5 Å². The van der Waals surface area contributed by atoms with Crippen LogP contribution in [-0.2, 0) is 4.74 Å². The quantitative estimate of drug-likeness (QED) is 0.410. The molecule has 0 aliphatic carbocycles. The fourth-order valence-electron chi connectivity index (χ4n) is 3.99. The summed E-state index contributed by atoms with van der Waals surface area (Å²) in [5.41, 5.74) is 3.87. The van der Waals surface area contributed by atoms with Gasteiger partial charge in [0.15, 0.2) is 0 Å². The molecule has 1 aliphatic rings. The number of ether oxygens (including phenoxy) is 2. The van der Waals surface area contributed by atoms with Gasteiger partial charge in [0, 0.05) is 36.8 Å². The molecule has 0 spiro atoms. The Labute approximate surface area is 205 Å². The number of para-hydroxylation sites is 1. The first kappa shape index (κ1) is 23.0. The molecule has 35 heavy (non-hydrogen) atoms. The standard InChI is InChI=1S/C27H30N6O2/c1-32(2)12-17-35-23-9-6-20(7-10-23)24-5-3-4-21-18-29-27(31-26(21)24)30-22-8-11-25(28-19-22)33-13-15-34-16-14-33/h3-11,18-19H,12-17H2,1-2H3,(H,29,30,31). The highest BCUT2D eigenvalue weighted by atomic mass is 16.5. The Morgan fingerprint density at radius 1 is 0.971 bits per heavy atom. The number of hydrogen-bond acceptors (Lipinski definition) is 8. The van der Waals surface area contributed by atoms with Gasteiger partial charge in [0.05, 0.1) is 30.6 Å². The van der Waals surface area contributed by atoms with Gasteiger partial charge in [-0.15, -0.1) is 0 Å². The lowest BCUT2D eigenvalue weighted by Gasteiger charge is -2.27. The van der Waals surface area contributed by atoms with E-state index in [1.54, 1.807) is 0 Å². The van der Waals surface area contributed by atoms with E-state index in [1.165, 1.54) is 0 Å². The molecule has 0 unspecified atom stereocenters. The van der Waals surface area contributed by atoms with Crippen LogP contribution in [0.25, 0.3) is 22.0 Å². The minimum Gasteiger partial charge on any atom is -0.492 e. The molecule has 180 valence electrons. The molecule has 8 nitrogen and oxygen atoms in total. The molecule has 1 aliphatic heterocycles. The molecule has 0 radical (unpaired) electrons. The molecule has 1 fully saturated rings. The highest BCUT2D eigenvalue weighted by Gasteiger charge is 2.13. The molecule has 0 bridgehead atoms. The van der Waals surface area contributed by atoms with Crippen LogP contribution in [0.4, 0.5) is 17.5 Å². The predicted molar refractivity (Wildman–Crippen MR) is 140 cm³/mol. The number of rotatable bonds is 8. The zero-order valence-electron chi connectivity index (χ0n) is 20.1. The summed E-state index contributed by atoms with van der Waals surface area (Å²) in [6, 6.07) is 18.3. The lowest BCUT2D eigenvalue weighted by molar-refractivity contribution is 0.122. The normalized spacial score (nSPS) is 13.9. The second-order valence-electron chi connectivity index (χ2n) is 8.74. The molecule has 5 rings (SSSR count). The number of pyridine rings is 1. The first-order valence-electron chi connectivity index (χ1n) is 11.9. The van der Waals surface area contributed by atoms with E-state index in [1.807, 2.05) is 62.9 Å². The molecule has 0 amide bonds. The Kier molecular flexibility index (Phi) is 7.02.